The first-order chi connectivity index (χ1) is 10.2. The summed E-state index contributed by atoms with van der Waals surface area (Å²) in [6, 6.07) is 14.7. The number of hydrogen-bond donors (Lipinski definition) is 2. The van der Waals surface area contributed by atoms with Crippen LogP contribution in [-0.2, 0) is 6.42 Å². The van der Waals surface area contributed by atoms with Gasteiger partial charge in [0.1, 0.15) is 11.3 Å². The molecule has 3 aromatic rings. The predicted molar refractivity (Wildman–Crippen MR) is 84.7 cm³/mol. The average molecular weight is 281 g/mol. The smallest absolute Gasteiger partial charge is 0.149 e. The number of halogens is 1. The Kier molecular flexibility index (Phi) is 3.69. The van der Waals surface area contributed by atoms with Gasteiger partial charge in [-0.2, -0.15) is 0 Å². The van der Waals surface area contributed by atoms with Gasteiger partial charge in [-0.15, -0.1) is 0 Å². The van der Waals surface area contributed by atoms with E-state index in [1.54, 1.807) is 12.3 Å². The Labute approximate surface area is 122 Å². The van der Waals surface area contributed by atoms with Crippen LogP contribution in [0.15, 0.2) is 54.7 Å². The largest absolute Gasteiger partial charge is 0.399 e. The van der Waals surface area contributed by atoms with Gasteiger partial charge in [-0.3, -0.25) is 4.98 Å². The minimum absolute atomic E-state index is 0.297. The predicted octanol–water partition coefficient (Wildman–Crippen LogP) is 3.61. The van der Waals surface area contributed by atoms with E-state index < -0.39 is 0 Å². The maximum absolute atomic E-state index is 13.7. The maximum atomic E-state index is 13.7. The molecular formula is C17H16FN3. The molecule has 0 unspecified atom stereocenters. The van der Waals surface area contributed by atoms with Gasteiger partial charge in [0.2, 0.25) is 0 Å². The Hall–Kier alpha value is -2.62. The molecule has 0 fully saturated rings. The molecule has 0 aliphatic heterocycles. The molecule has 0 aliphatic carbocycles. The third kappa shape index (κ3) is 2.94. The number of nitrogens with one attached hydrogen (secondary N) is 1. The van der Waals surface area contributed by atoms with Gasteiger partial charge < -0.3 is 11.1 Å². The fourth-order valence-corrected chi connectivity index (χ4v) is 2.32. The fourth-order valence-electron chi connectivity index (χ4n) is 2.32. The van der Waals surface area contributed by atoms with Crippen LogP contribution in [0, 0.1) is 5.82 Å². The molecule has 0 radical (unpaired) electrons. The fraction of sp³-hybridized carbons (Fsp3) is 0.118. The average Bonchev–Trinajstić information content (AvgIpc) is 2.50. The minimum Gasteiger partial charge on any atom is -0.399 e. The van der Waals surface area contributed by atoms with E-state index in [-0.39, 0.29) is 5.82 Å². The molecule has 4 heteroatoms. The Morgan fingerprint density at radius 1 is 1.05 bits per heavy atom. The monoisotopic (exact) mass is 281 g/mol. The van der Waals surface area contributed by atoms with E-state index in [0.717, 1.165) is 29.7 Å². The number of fused-ring (bicyclic) bond motifs is 1. The molecule has 1 heterocycles. The molecule has 0 bridgehead atoms. The molecule has 3 N–H and O–H groups in total. The second-order valence-electron chi connectivity index (χ2n) is 4.91. The van der Waals surface area contributed by atoms with Crippen LogP contribution in [0.1, 0.15) is 5.56 Å². The second kappa shape index (κ2) is 5.79. The molecule has 3 rings (SSSR count). The molecule has 21 heavy (non-hydrogen) atoms. The van der Waals surface area contributed by atoms with Crippen LogP contribution in [0.25, 0.3) is 10.9 Å². The van der Waals surface area contributed by atoms with Gasteiger partial charge in [-0.1, -0.05) is 24.3 Å². The first-order valence-electron chi connectivity index (χ1n) is 6.85. The lowest BCUT2D eigenvalue weighted by molar-refractivity contribution is 0.637. The zero-order valence-electron chi connectivity index (χ0n) is 11.5. The number of rotatable bonds is 4. The van der Waals surface area contributed by atoms with Crippen LogP contribution in [0.2, 0.25) is 0 Å². The second-order valence-corrected chi connectivity index (χ2v) is 4.91. The molecule has 106 valence electrons. The van der Waals surface area contributed by atoms with Crippen molar-refractivity contribution in [2.75, 3.05) is 17.6 Å². The Bertz CT molecular complexity index is 754. The number of nitrogens with zero attached hydrogens (tertiary/aromatic N) is 1. The quantitative estimate of drug-likeness (QED) is 0.718. The molecule has 0 amide bonds. The molecule has 0 saturated carbocycles. The Balaban J connectivity index is 1.73. The number of aromatic nitrogens is 1. The van der Waals surface area contributed by atoms with Crippen LogP contribution in [0.4, 0.5) is 15.8 Å². The van der Waals surface area contributed by atoms with Gasteiger partial charge in [-0.05, 0) is 36.2 Å². The number of nitrogens with two attached hydrogens (primary N) is 1. The van der Waals surface area contributed by atoms with E-state index in [4.69, 9.17) is 5.73 Å². The summed E-state index contributed by atoms with van der Waals surface area (Å²) in [5, 5.41) is 4.14. The van der Waals surface area contributed by atoms with E-state index >= 15 is 0 Å². The van der Waals surface area contributed by atoms with Gasteiger partial charge in [0.05, 0.1) is 0 Å². The maximum Gasteiger partial charge on any atom is 0.149 e. The highest BCUT2D eigenvalue weighted by Crippen LogP contribution is 2.23. The summed E-state index contributed by atoms with van der Waals surface area (Å²) in [5.74, 6) is -0.297. The number of hydrogen-bond acceptors (Lipinski definition) is 3. The summed E-state index contributed by atoms with van der Waals surface area (Å²) >= 11 is 0. The van der Waals surface area contributed by atoms with Crippen molar-refractivity contribution in [3.05, 3.63) is 66.1 Å². The van der Waals surface area contributed by atoms with Gasteiger partial charge in [-0.25, -0.2) is 4.39 Å². The number of pyridine rings is 1. The number of benzene rings is 2. The summed E-state index contributed by atoms with van der Waals surface area (Å²) in [6.45, 7) is 0.763. The van der Waals surface area contributed by atoms with E-state index in [9.17, 15) is 4.39 Å². The van der Waals surface area contributed by atoms with E-state index in [0.29, 0.717) is 5.52 Å². The molecule has 0 aliphatic rings. The summed E-state index contributed by atoms with van der Waals surface area (Å²) in [7, 11) is 0. The Morgan fingerprint density at radius 2 is 1.86 bits per heavy atom. The van der Waals surface area contributed by atoms with Crippen LogP contribution in [-0.4, -0.2) is 11.5 Å². The van der Waals surface area contributed by atoms with Crippen LogP contribution >= 0.6 is 0 Å². The third-order valence-corrected chi connectivity index (χ3v) is 3.43. The van der Waals surface area contributed by atoms with Crippen molar-refractivity contribution in [3.8, 4) is 0 Å². The molecule has 0 spiro atoms. The number of nitrogen functional groups attached to an aromatic ring is 1. The summed E-state index contributed by atoms with van der Waals surface area (Å²) in [6.07, 6.45) is 2.50. The normalized spacial score (nSPS) is 10.7. The first kappa shape index (κ1) is 13.4. The standard InChI is InChI=1S/C17H16FN3/c18-15-3-1-2-14-16(9-11-21-17(14)15)20-10-8-12-4-6-13(19)7-5-12/h1-7,9,11H,8,10,19H2,(H,20,21). The van der Waals surface area contributed by atoms with E-state index in [1.165, 1.54) is 11.6 Å². The van der Waals surface area contributed by atoms with E-state index in [2.05, 4.69) is 10.3 Å². The molecule has 1 aromatic heterocycles. The van der Waals surface area contributed by atoms with Crippen molar-refractivity contribution in [3.63, 3.8) is 0 Å². The zero-order valence-corrected chi connectivity index (χ0v) is 11.5. The molecular weight excluding hydrogens is 265 g/mol. The van der Waals surface area contributed by atoms with Gasteiger partial charge >= 0.3 is 0 Å². The highest BCUT2D eigenvalue weighted by molar-refractivity contribution is 5.91. The lowest BCUT2D eigenvalue weighted by atomic mass is 10.1. The zero-order chi connectivity index (χ0) is 14.7. The van der Waals surface area contributed by atoms with Gasteiger partial charge in [0.15, 0.2) is 0 Å². The van der Waals surface area contributed by atoms with Crippen molar-refractivity contribution in [2.24, 2.45) is 0 Å². The summed E-state index contributed by atoms with van der Waals surface area (Å²) in [5.41, 5.74) is 8.94. The molecule has 0 saturated heterocycles. The van der Waals surface area contributed by atoms with Crippen molar-refractivity contribution in [1.29, 1.82) is 0 Å². The number of para-hydroxylation sites is 1. The van der Waals surface area contributed by atoms with Gasteiger partial charge in [0, 0.05) is 29.5 Å². The summed E-state index contributed by atoms with van der Waals surface area (Å²) < 4.78 is 13.7. The number of anilines is 2. The van der Waals surface area contributed by atoms with E-state index in [1.807, 2.05) is 36.4 Å². The molecule has 2 aromatic carbocycles. The topological polar surface area (TPSA) is 50.9 Å². The van der Waals surface area contributed by atoms with Gasteiger partial charge in [0.25, 0.3) is 0 Å². The lowest BCUT2D eigenvalue weighted by Crippen LogP contribution is -2.05. The third-order valence-electron chi connectivity index (χ3n) is 3.43. The lowest BCUT2D eigenvalue weighted by Gasteiger charge is -2.10. The van der Waals surface area contributed by atoms with Crippen LogP contribution < -0.4 is 11.1 Å². The van der Waals surface area contributed by atoms with Crippen molar-refractivity contribution >= 4 is 22.3 Å². The van der Waals surface area contributed by atoms with Crippen LogP contribution in [0.3, 0.4) is 0 Å². The highest BCUT2D eigenvalue weighted by atomic mass is 19.1. The van der Waals surface area contributed by atoms with Crippen molar-refractivity contribution in [1.82, 2.24) is 4.98 Å². The molecule has 0 atom stereocenters. The van der Waals surface area contributed by atoms with Crippen molar-refractivity contribution in [2.45, 2.75) is 6.42 Å². The highest BCUT2D eigenvalue weighted by Gasteiger charge is 2.05. The van der Waals surface area contributed by atoms with Crippen LogP contribution in [0.5, 0.6) is 0 Å². The SMILES string of the molecule is Nc1ccc(CCNc2ccnc3c(F)cccc23)cc1. The molecule has 3 nitrogen and oxygen atoms in total. The Morgan fingerprint density at radius 3 is 2.67 bits per heavy atom. The summed E-state index contributed by atoms with van der Waals surface area (Å²) in [4.78, 5) is 4.09. The minimum atomic E-state index is -0.297. The van der Waals surface area contributed by atoms with Crippen molar-refractivity contribution < 1.29 is 4.39 Å². The first-order valence-corrected chi connectivity index (χ1v) is 6.85.